The lowest BCUT2D eigenvalue weighted by Gasteiger charge is -2.33. The molecule has 4 rings (SSSR count). The first-order valence-corrected chi connectivity index (χ1v) is 10.4. The van der Waals surface area contributed by atoms with Crippen molar-refractivity contribution in [3.8, 4) is 0 Å². The maximum absolute atomic E-state index is 14.0. The molecule has 1 unspecified atom stereocenters. The van der Waals surface area contributed by atoms with Crippen LogP contribution in [0.4, 0.5) is 27.6 Å². The van der Waals surface area contributed by atoms with E-state index in [9.17, 15) is 31.5 Å². The SMILES string of the molecule is O=C(O)CC1Sc2ccc(C(F)(F)F)cc2N(Cc2nc3c(F)c(F)ccc3s2)C1=O. The average molecular weight is 474 g/mol. The molecule has 1 aromatic heterocycles. The summed E-state index contributed by atoms with van der Waals surface area (Å²) < 4.78 is 67.4. The monoisotopic (exact) mass is 474 g/mol. The first-order chi connectivity index (χ1) is 14.5. The van der Waals surface area contributed by atoms with Crippen molar-refractivity contribution in [3.63, 3.8) is 0 Å². The third kappa shape index (κ3) is 4.09. The van der Waals surface area contributed by atoms with Crippen molar-refractivity contribution in [1.82, 2.24) is 4.98 Å². The first-order valence-electron chi connectivity index (χ1n) is 8.69. The van der Waals surface area contributed by atoms with Crippen LogP contribution in [-0.2, 0) is 22.3 Å². The van der Waals surface area contributed by atoms with Gasteiger partial charge in [-0.3, -0.25) is 9.59 Å². The molecule has 0 bridgehead atoms. The van der Waals surface area contributed by atoms with Gasteiger partial charge in [0.05, 0.1) is 34.2 Å². The molecule has 1 aliphatic rings. The van der Waals surface area contributed by atoms with E-state index in [1.807, 2.05) is 0 Å². The number of benzene rings is 2. The van der Waals surface area contributed by atoms with Crippen molar-refractivity contribution in [3.05, 3.63) is 52.5 Å². The van der Waals surface area contributed by atoms with E-state index in [0.717, 1.165) is 46.2 Å². The lowest BCUT2D eigenvalue weighted by molar-refractivity contribution is -0.138. The molecule has 1 atom stereocenters. The van der Waals surface area contributed by atoms with Crippen LogP contribution < -0.4 is 4.90 Å². The maximum atomic E-state index is 14.0. The van der Waals surface area contributed by atoms with E-state index in [4.69, 9.17) is 5.11 Å². The van der Waals surface area contributed by atoms with Crippen molar-refractivity contribution < 1.29 is 36.6 Å². The van der Waals surface area contributed by atoms with E-state index >= 15 is 0 Å². The average Bonchev–Trinajstić information content (AvgIpc) is 3.10. The molecule has 0 saturated carbocycles. The van der Waals surface area contributed by atoms with Gasteiger partial charge in [0.1, 0.15) is 10.5 Å². The smallest absolute Gasteiger partial charge is 0.416 e. The van der Waals surface area contributed by atoms with Gasteiger partial charge in [-0.25, -0.2) is 13.8 Å². The number of carboxylic acids is 1. The second-order valence-electron chi connectivity index (χ2n) is 6.62. The molecule has 0 spiro atoms. The zero-order chi connectivity index (χ0) is 22.5. The number of hydrogen-bond acceptors (Lipinski definition) is 5. The van der Waals surface area contributed by atoms with Gasteiger partial charge in [0.25, 0.3) is 0 Å². The standard InChI is InChI=1S/C19H11F5N2O3S2/c20-9-2-4-12-17(16(9)21)25-14(31-12)7-26-10-5-8(19(22,23)24)1-3-11(10)30-13(18(26)29)6-15(27)28/h1-5,13H,6-7H2,(H,27,28). The summed E-state index contributed by atoms with van der Waals surface area (Å²) in [6.45, 7) is -0.315. The summed E-state index contributed by atoms with van der Waals surface area (Å²) in [5.41, 5.74) is -1.26. The molecule has 2 aromatic carbocycles. The Hall–Kier alpha value is -2.73. The number of hydrogen-bond donors (Lipinski definition) is 1. The van der Waals surface area contributed by atoms with Crippen LogP contribution in [0.2, 0.25) is 0 Å². The van der Waals surface area contributed by atoms with Crippen molar-refractivity contribution in [2.75, 3.05) is 4.90 Å². The highest BCUT2D eigenvalue weighted by Gasteiger charge is 2.38. The summed E-state index contributed by atoms with van der Waals surface area (Å²) in [6.07, 6.45) is -5.18. The Morgan fingerprint density at radius 2 is 1.94 bits per heavy atom. The molecule has 0 fully saturated rings. The Morgan fingerprint density at radius 3 is 2.61 bits per heavy atom. The van der Waals surface area contributed by atoms with Gasteiger partial charge in [-0.1, -0.05) is 0 Å². The molecule has 1 N–H and O–H groups in total. The number of aromatic nitrogens is 1. The summed E-state index contributed by atoms with van der Waals surface area (Å²) in [5.74, 6) is -4.20. The third-order valence-electron chi connectivity index (χ3n) is 4.54. The van der Waals surface area contributed by atoms with Gasteiger partial charge in [-0.15, -0.1) is 23.1 Å². The van der Waals surface area contributed by atoms with E-state index in [2.05, 4.69) is 4.98 Å². The highest BCUT2D eigenvalue weighted by atomic mass is 32.2. The van der Waals surface area contributed by atoms with E-state index < -0.39 is 46.9 Å². The molecule has 1 aliphatic heterocycles. The fourth-order valence-corrected chi connectivity index (χ4v) is 5.29. The quantitative estimate of drug-likeness (QED) is 0.535. The molecule has 162 valence electrons. The second-order valence-corrected chi connectivity index (χ2v) is 8.98. The highest BCUT2D eigenvalue weighted by Crippen LogP contribution is 2.44. The number of carbonyl (C=O) groups is 2. The minimum absolute atomic E-state index is 0.0441. The van der Waals surface area contributed by atoms with Crippen LogP contribution in [0.1, 0.15) is 17.0 Å². The van der Waals surface area contributed by atoms with E-state index in [-0.39, 0.29) is 22.8 Å². The predicted molar refractivity (Wildman–Crippen MR) is 104 cm³/mol. The van der Waals surface area contributed by atoms with Crippen LogP contribution in [0.5, 0.6) is 0 Å². The number of halogens is 5. The molecule has 5 nitrogen and oxygen atoms in total. The number of anilines is 1. The number of fused-ring (bicyclic) bond motifs is 2. The summed E-state index contributed by atoms with van der Waals surface area (Å²) in [7, 11) is 0. The van der Waals surface area contributed by atoms with Crippen molar-refractivity contribution in [2.45, 2.75) is 29.3 Å². The van der Waals surface area contributed by atoms with Gasteiger partial charge in [-0.05, 0) is 30.3 Å². The normalized spacial score (nSPS) is 16.6. The molecule has 31 heavy (non-hydrogen) atoms. The number of carboxylic acid groups (broad SMARTS) is 1. The summed E-state index contributed by atoms with van der Waals surface area (Å²) in [6, 6.07) is 5.09. The molecule has 1 amide bonds. The molecule has 12 heteroatoms. The lowest BCUT2D eigenvalue weighted by atomic mass is 10.1. The number of thioether (sulfide) groups is 1. The fraction of sp³-hybridized carbons (Fsp3) is 0.211. The molecular formula is C19H11F5N2O3S2. The molecule has 0 radical (unpaired) electrons. The van der Waals surface area contributed by atoms with Gasteiger partial charge in [-0.2, -0.15) is 13.2 Å². The Labute approximate surface area is 179 Å². The minimum Gasteiger partial charge on any atom is -0.481 e. The lowest BCUT2D eigenvalue weighted by Crippen LogP contribution is -2.41. The zero-order valence-corrected chi connectivity index (χ0v) is 16.9. The van der Waals surface area contributed by atoms with Gasteiger partial charge < -0.3 is 10.0 Å². The predicted octanol–water partition coefficient (Wildman–Crippen LogP) is 5.08. The summed E-state index contributed by atoms with van der Waals surface area (Å²) in [5, 5.41) is 8.20. The van der Waals surface area contributed by atoms with Gasteiger partial charge in [0.2, 0.25) is 5.91 Å². The zero-order valence-electron chi connectivity index (χ0n) is 15.2. The van der Waals surface area contributed by atoms with Crippen LogP contribution in [0, 0.1) is 11.6 Å². The van der Waals surface area contributed by atoms with Crippen LogP contribution in [0.15, 0.2) is 35.2 Å². The number of rotatable bonds is 4. The largest absolute Gasteiger partial charge is 0.481 e. The molecule has 0 saturated heterocycles. The number of aliphatic carboxylic acids is 1. The van der Waals surface area contributed by atoms with Crippen LogP contribution in [0.25, 0.3) is 10.2 Å². The molecular weight excluding hydrogens is 463 g/mol. The van der Waals surface area contributed by atoms with Crippen LogP contribution >= 0.6 is 23.1 Å². The minimum atomic E-state index is -4.65. The number of nitrogens with zero attached hydrogens (tertiary/aromatic N) is 2. The second kappa shape index (κ2) is 7.75. The van der Waals surface area contributed by atoms with Crippen molar-refractivity contribution in [2.24, 2.45) is 0 Å². The van der Waals surface area contributed by atoms with Gasteiger partial charge >= 0.3 is 12.1 Å². The Bertz CT molecular complexity index is 1210. The molecule has 3 aromatic rings. The van der Waals surface area contributed by atoms with Gasteiger partial charge in [0.15, 0.2) is 11.6 Å². The van der Waals surface area contributed by atoms with Gasteiger partial charge in [0, 0.05) is 4.90 Å². The maximum Gasteiger partial charge on any atom is 0.416 e. The van der Waals surface area contributed by atoms with Crippen molar-refractivity contribution >= 4 is 50.9 Å². The molecule has 2 heterocycles. The van der Waals surface area contributed by atoms with Crippen LogP contribution in [0.3, 0.4) is 0 Å². The fourth-order valence-electron chi connectivity index (χ4n) is 3.14. The first kappa shape index (κ1) is 21.5. The third-order valence-corrected chi connectivity index (χ3v) is 6.79. The molecule has 0 aliphatic carbocycles. The Balaban J connectivity index is 1.78. The van der Waals surface area contributed by atoms with E-state index in [0.29, 0.717) is 9.60 Å². The Morgan fingerprint density at radius 1 is 1.19 bits per heavy atom. The van der Waals surface area contributed by atoms with Crippen molar-refractivity contribution in [1.29, 1.82) is 0 Å². The summed E-state index contributed by atoms with van der Waals surface area (Å²) in [4.78, 5) is 29.4. The number of alkyl halides is 3. The topological polar surface area (TPSA) is 70.5 Å². The summed E-state index contributed by atoms with van der Waals surface area (Å²) >= 11 is 1.83. The Kier molecular flexibility index (Phi) is 5.38. The van der Waals surface area contributed by atoms with E-state index in [1.165, 1.54) is 12.1 Å². The highest BCUT2D eigenvalue weighted by molar-refractivity contribution is 8.01. The van der Waals surface area contributed by atoms with Crippen LogP contribution in [-0.4, -0.2) is 27.2 Å². The number of thiazole rings is 1. The van der Waals surface area contributed by atoms with E-state index in [1.54, 1.807) is 0 Å². The number of carbonyl (C=O) groups excluding carboxylic acids is 1. The number of amides is 1.